The second-order valence-electron chi connectivity index (χ2n) is 8.53. The molecule has 0 unspecified atom stereocenters. The summed E-state index contributed by atoms with van der Waals surface area (Å²) in [6.45, 7) is 3.71. The lowest BCUT2D eigenvalue weighted by Crippen LogP contribution is -2.53. The van der Waals surface area contributed by atoms with Gasteiger partial charge in [-0.2, -0.15) is 0 Å². The molecule has 2 aliphatic heterocycles. The topological polar surface area (TPSA) is 100 Å². The van der Waals surface area contributed by atoms with Crippen LogP contribution in [-0.2, 0) is 19.1 Å². The number of aliphatic hydroxyl groups excluding tert-OH is 1. The molecule has 1 aliphatic carbocycles. The number of carbonyl (C=O) groups excluding carboxylic acids is 2. The van der Waals surface area contributed by atoms with Gasteiger partial charge in [0.05, 0.1) is 38.5 Å². The Bertz CT molecular complexity index is 520. The zero-order valence-corrected chi connectivity index (χ0v) is 17.4. The van der Waals surface area contributed by atoms with Crippen molar-refractivity contribution < 1.29 is 24.2 Å². The van der Waals surface area contributed by atoms with E-state index in [2.05, 4.69) is 15.5 Å². The lowest BCUT2D eigenvalue weighted by molar-refractivity contribution is -0.131. The fourth-order valence-electron chi connectivity index (χ4n) is 4.59. The van der Waals surface area contributed by atoms with Gasteiger partial charge in [-0.3, -0.25) is 14.5 Å². The van der Waals surface area contributed by atoms with E-state index in [1.807, 2.05) is 0 Å². The molecule has 0 aromatic carbocycles. The summed E-state index contributed by atoms with van der Waals surface area (Å²) in [4.78, 5) is 26.7. The van der Waals surface area contributed by atoms with Gasteiger partial charge in [-0.05, 0) is 32.1 Å². The van der Waals surface area contributed by atoms with Gasteiger partial charge in [0, 0.05) is 25.6 Å². The van der Waals surface area contributed by atoms with Crippen molar-refractivity contribution in [3.8, 4) is 0 Å². The normalized spacial score (nSPS) is 29.3. The van der Waals surface area contributed by atoms with Crippen molar-refractivity contribution in [2.45, 2.75) is 69.6 Å². The van der Waals surface area contributed by atoms with Crippen LogP contribution in [0.15, 0.2) is 0 Å². The molecule has 166 valence electrons. The molecule has 3 rings (SSSR count). The summed E-state index contributed by atoms with van der Waals surface area (Å²) in [5, 5.41) is 15.8. The number of nitrogens with zero attached hydrogens (tertiary/aromatic N) is 1. The number of carbonyl (C=O) groups is 2. The van der Waals surface area contributed by atoms with Crippen LogP contribution in [0.5, 0.6) is 0 Å². The maximum Gasteiger partial charge on any atom is 0.234 e. The van der Waals surface area contributed by atoms with Gasteiger partial charge >= 0.3 is 0 Å². The van der Waals surface area contributed by atoms with Gasteiger partial charge in [-0.15, -0.1) is 0 Å². The fraction of sp³-hybridized carbons (Fsp3) is 0.905. The van der Waals surface area contributed by atoms with Crippen molar-refractivity contribution in [2.24, 2.45) is 5.92 Å². The Morgan fingerprint density at radius 2 is 1.79 bits per heavy atom. The molecule has 0 aromatic rings. The van der Waals surface area contributed by atoms with Gasteiger partial charge in [-0.25, -0.2) is 0 Å². The first-order valence-corrected chi connectivity index (χ1v) is 11.3. The van der Waals surface area contributed by atoms with Crippen LogP contribution in [0.3, 0.4) is 0 Å². The third kappa shape index (κ3) is 7.20. The largest absolute Gasteiger partial charge is 0.394 e. The average molecular weight is 412 g/mol. The number of rotatable bonds is 8. The second kappa shape index (κ2) is 11.8. The molecule has 3 N–H and O–H groups in total. The Kier molecular flexibility index (Phi) is 9.17. The number of nitrogens with one attached hydrogen (secondary N) is 2. The maximum absolute atomic E-state index is 12.3. The highest BCUT2D eigenvalue weighted by Gasteiger charge is 2.32. The molecule has 29 heavy (non-hydrogen) atoms. The van der Waals surface area contributed by atoms with Crippen LogP contribution in [0.1, 0.15) is 51.4 Å². The summed E-state index contributed by atoms with van der Waals surface area (Å²) in [6, 6.07) is -0.165. The minimum absolute atomic E-state index is 0.00574. The first-order chi connectivity index (χ1) is 14.2. The number of aliphatic hydroxyl groups is 1. The molecular weight excluding hydrogens is 374 g/mol. The molecule has 2 saturated heterocycles. The lowest BCUT2D eigenvalue weighted by atomic mass is 9.88. The molecule has 0 bridgehead atoms. The second-order valence-corrected chi connectivity index (χ2v) is 8.53. The Morgan fingerprint density at radius 1 is 1.03 bits per heavy atom. The highest BCUT2D eigenvalue weighted by Crippen LogP contribution is 2.24. The van der Waals surface area contributed by atoms with Crippen molar-refractivity contribution in [3.05, 3.63) is 0 Å². The molecule has 0 radical (unpaired) electrons. The standard InChI is InChI=1S/C21H37N3O5/c25-15-19-18(23-20(26)14-24-10-12-28-13-11-24)7-6-17(29-19)8-9-22-21(27)16-4-2-1-3-5-16/h16-19,25H,1-15H2,(H,22,27)(H,23,26)/t17-,18-,19-/m1/s1. The van der Waals surface area contributed by atoms with Crippen molar-refractivity contribution in [2.75, 3.05) is 46.0 Å². The molecule has 3 fully saturated rings. The van der Waals surface area contributed by atoms with E-state index in [1.165, 1.54) is 6.42 Å². The molecular formula is C21H37N3O5. The van der Waals surface area contributed by atoms with E-state index >= 15 is 0 Å². The summed E-state index contributed by atoms with van der Waals surface area (Å²) < 4.78 is 11.3. The minimum Gasteiger partial charge on any atom is -0.394 e. The van der Waals surface area contributed by atoms with Gasteiger partial charge in [0.25, 0.3) is 0 Å². The smallest absolute Gasteiger partial charge is 0.234 e. The predicted octanol–water partition coefficient (Wildman–Crippen LogP) is 0.430. The molecule has 0 spiro atoms. The van der Waals surface area contributed by atoms with Crippen LogP contribution in [0, 0.1) is 5.92 Å². The minimum atomic E-state index is -0.392. The monoisotopic (exact) mass is 411 g/mol. The van der Waals surface area contributed by atoms with E-state index in [0.29, 0.717) is 26.3 Å². The van der Waals surface area contributed by atoms with E-state index in [9.17, 15) is 14.7 Å². The highest BCUT2D eigenvalue weighted by molar-refractivity contribution is 5.79. The van der Waals surface area contributed by atoms with Crippen LogP contribution < -0.4 is 10.6 Å². The molecule has 1 saturated carbocycles. The Balaban J connectivity index is 1.35. The fourth-order valence-corrected chi connectivity index (χ4v) is 4.59. The molecule has 0 aromatic heterocycles. The Hall–Kier alpha value is -1.22. The number of morpholine rings is 1. The zero-order chi connectivity index (χ0) is 20.5. The quantitative estimate of drug-likeness (QED) is 0.536. The van der Waals surface area contributed by atoms with E-state index in [0.717, 1.165) is 58.0 Å². The van der Waals surface area contributed by atoms with Crippen LogP contribution in [0.25, 0.3) is 0 Å². The third-order valence-electron chi connectivity index (χ3n) is 6.35. The van der Waals surface area contributed by atoms with Crippen molar-refractivity contribution in [1.29, 1.82) is 0 Å². The lowest BCUT2D eigenvalue weighted by Gasteiger charge is -2.37. The third-order valence-corrected chi connectivity index (χ3v) is 6.35. The van der Waals surface area contributed by atoms with Crippen LogP contribution >= 0.6 is 0 Å². The van der Waals surface area contributed by atoms with Crippen LogP contribution in [-0.4, -0.2) is 86.1 Å². The number of hydrogen-bond donors (Lipinski definition) is 3. The summed E-state index contributed by atoms with van der Waals surface area (Å²) in [5.41, 5.74) is 0. The summed E-state index contributed by atoms with van der Waals surface area (Å²) in [7, 11) is 0. The van der Waals surface area contributed by atoms with E-state index in [-0.39, 0.29) is 36.5 Å². The first-order valence-electron chi connectivity index (χ1n) is 11.3. The number of ether oxygens (including phenoxy) is 2. The summed E-state index contributed by atoms with van der Waals surface area (Å²) >= 11 is 0. The molecule has 3 atom stereocenters. The molecule has 2 heterocycles. The van der Waals surface area contributed by atoms with Gasteiger partial charge in [-0.1, -0.05) is 19.3 Å². The average Bonchev–Trinajstić information content (AvgIpc) is 2.76. The molecule has 3 aliphatic rings. The van der Waals surface area contributed by atoms with Crippen LogP contribution in [0.4, 0.5) is 0 Å². The predicted molar refractivity (Wildman–Crippen MR) is 108 cm³/mol. The van der Waals surface area contributed by atoms with Gasteiger partial charge in [0.15, 0.2) is 0 Å². The highest BCUT2D eigenvalue weighted by atomic mass is 16.5. The first kappa shape index (κ1) is 22.5. The Morgan fingerprint density at radius 3 is 2.52 bits per heavy atom. The van der Waals surface area contributed by atoms with Crippen molar-refractivity contribution in [3.63, 3.8) is 0 Å². The maximum atomic E-state index is 12.3. The molecule has 2 amide bonds. The SMILES string of the molecule is O=C(CN1CCOCC1)N[C@@H]1CC[C@H](CCNC(=O)C2CCCCC2)O[C@@H]1CO. The van der Waals surface area contributed by atoms with Crippen molar-refractivity contribution >= 4 is 11.8 Å². The van der Waals surface area contributed by atoms with Gasteiger partial charge in [0.1, 0.15) is 6.10 Å². The van der Waals surface area contributed by atoms with E-state index in [1.54, 1.807) is 0 Å². The van der Waals surface area contributed by atoms with E-state index in [4.69, 9.17) is 9.47 Å². The van der Waals surface area contributed by atoms with Gasteiger partial charge < -0.3 is 25.2 Å². The van der Waals surface area contributed by atoms with Crippen molar-refractivity contribution in [1.82, 2.24) is 15.5 Å². The van der Waals surface area contributed by atoms with E-state index < -0.39 is 6.10 Å². The Labute approximate surface area is 173 Å². The van der Waals surface area contributed by atoms with Gasteiger partial charge in [0.2, 0.25) is 11.8 Å². The molecule has 8 nitrogen and oxygen atoms in total. The zero-order valence-electron chi connectivity index (χ0n) is 17.4. The number of amides is 2. The molecule has 8 heteroatoms. The number of hydrogen-bond acceptors (Lipinski definition) is 6. The summed E-state index contributed by atoms with van der Waals surface area (Å²) in [6.07, 6.45) is 7.51. The van der Waals surface area contributed by atoms with Crippen LogP contribution in [0.2, 0.25) is 0 Å². The summed E-state index contributed by atoms with van der Waals surface area (Å²) in [5.74, 6) is 0.317.